The minimum Gasteiger partial charge on any atom is -0.373 e. The van der Waals surface area contributed by atoms with Crippen LogP contribution in [0.5, 0.6) is 0 Å². The Balaban J connectivity index is 7.06. The Hall–Kier alpha value is -1.30. The lowest BCUT2D eigenvalue weighted by Gasteiger charge is -2.44. The standard InChI is InChI=1S/C13H10F20O3Si/c1-34-37(35-2,36-3)6(17,18)4(14)5(15,16)7(19,20)8(21,22)9(23,24)10(25,26)11(27,28)12(29,30)13(31,32)33/h4H,1-3H3. The molecule has 0 aromatic rings. The van der Waals surface area contributed by atoms with Crippen LogP contribution in [0.4, 0.5) is 87.8 Å². The average molecular weight is 622 g/mol. The zero-order valence-corrected chi connectivity index (χ0v) is 18.4. The van der Waals surface area contributed by atoms with Crippen LogP contribution in [0.1, 0.15) is 0 Å². The maximum absolute atomic E-state index is 14.1. The van der Waals surface area contributed by atoms with Crippen LogP contribution >= 0.6 is 0 Å². The highest BCUT2D eigenvalue weighted by molar-refractivity contribution is 6.63. The molecule has 0 aliphatic rings. The molecule has 1 unspecified atom stereocenters. The van der Waals surface area contributed by atoms with Crippen molar-refractivity contribution in [3.8, 4) is 0 Å². The Bertz CT molecular complexity index is 796. The molecule has 224 valence electrons. The van der Waals surface area contributed by atoms with Crippen LogP contribution < -0.4 is 0 Å². The van der Waals surface area contributed by atoms with E-state index in [1.165, 1.54) is 0 Å². The first-order valence-electron chi connectivity index (χ1n) is 8.22. The molecule has 0 aliphatic carbocycles. The lowest BCUT2D eigenvalue weighted by Crippen LogP contribution is -2.77. The summed E-state index contributed by atoms with van der Waals surface area (Å²) in [5.74, 6) is -60.9. The quantitative estimate of drug-likeness (QED) is 0.187. The van der Waals surface area contributed by atoms with Gasteiger partial charge in [-0.25, -0.2) is 4.39 Å². The summed E-state index contributed by atoms with van der Waals surface area (Å²) in [5, 5.41) is 0. The number of hydrogen-bond donors (Lipinski definition) is 0. The zero-order chi connectivity index (χ0) is 30.7. The lowest BCUT2D eigenvalue weighted by atomic mass is 9.88. The molecule has 0 bridgehead atoms. The Morgan fingerprint density at radius 3 is 0.919 bits per heavy atom. The SMILES string of the molecule is CO[Si](OC)(OC)C(F)(F)C(F)C(F)(F)C(F)(F)C(F)(F)C(F)(F)C(F)(F)C(F)(F)C(F)(F)C(F)(F)F. The topological polar surface area (TPSA) is 27.7 Å². The van der Waals surface area contributed by atoms with Gasteiger partial charge in [-0.1, -0.05) is 0 Å². The molecule has 3 nitrogen and oxygen atoms in total. The predicted molar refractivity (Wildman–Crippen MR) is 77.3 cm³/mol. The van der Waals surface area contributed by atoms with Gasteiger partial charge in [-0.2, -0.15) is 83.4 Å². The summed E-state index contributed by atoms with van der Waals surface area (Å²) in [7, 11) is -6.23. The number of alkyl halides is 20. The highest BCUT2D eigenvalue weighted by atomic mass is 28.4. The smallest absolute Gasteiger partial charge is 0.373 e. The van der Waals surface area contributed by atoms with Crippen LogP contribution in [-0.4, -0.2) is 89.5 Å². The minimum absolute atomic E-state index is 0.0440. The normalized spacial score (nSPS) is 17.3. The van der Waals surface area contributed by atoms with Crippen LogP contribution in [-0.2, 0) is 13.3 Å². The average Bonchev–Trinajstić information content (AvgIpc) is 2.72. The molecule has 0 radical (unpaired) electrons. The van der Waals surface area contributed by atoms with E-state index in [1.54, 1.807) is 0 Å². The second-order valence-electron chi connectivity index (χ2n) is 6.72. The fourth-order valence-corrected chi connectivity index (χ4v) is 4.18. The molecule has 0 fully saturated rings. The first-order valence-corrected chi connectivity index (χ1v) is 9.95. The minimum atomic E-state index is -9.04. The van der Waals surface area contributed by atoms with Crippen LogP contribution in [0, 0.1) is 0 Å². The lowest BCUT2D eigenvalue weighted by molar-refractivity contribution is -0.464. The van der Waals surface area contributed by atoms with E-state index in [0.717, 1.165) is 0 Å². The van der Waals surface area contributed by atoms with Crippen molar-refractivity contribution in [2.24, 2.45) is 0 Å². The summed E-state index contributed by atoms with van der Waals surface area (Å²) in [6.45, 7) is 0. The molecule has 0 spiro atoms. The number of halogens is 20. The van der Waals surface area contributed by atoms with Crippen molar-refractivity contribution in [1.82, 2.24) is 0 Å². The van der Waals surface area contributed by atoms with Gasteiger partial charge in [-0.3, -0.25) is 0 Å². The fourth-order valence-electron chi connectivity index (χ4n) is 2.38. The molecule has 0 aromatic carbocycles. The molecule has 37 heavy (non-hydrogen) atoms. The molecule has 0 saturated carbocycles. The fraction of sp³-hybridized carbons (Fsp3) is 1.00. The second-order valence-corrected chi connectivity index (χ2v) is 9.72. The molecule has 0 aromatic heterocycles. The number of rotatable bonds is 12. The summed E-state index contributed by atoms with van der Waals surface area (Å²) in [6.07, 6.45) is -14.2. The third-order valence-electron chi connectivity index (χ3n) is 4.60. The van der Waals surface area contributed by atoms with Gasteiger partial charge in [-0.15, -0.1) is 0 Å². The molecule has 0 heterocycles. The third-order valence-corrected chi connectivity index (χ3v) is 7.28. The molecule has 0 rings (SSSR count). The van der Waals surface area contributed by atoms with E-state index in [2.05, 4.69) is 13.3 Å². The van der Waals surface area contributed by atoms with E-state index in [-0.39, 0.29) is 21.3 Å². The molecule has 0 saturated heterocycles. The van der Waals surface area contributed by atoms with Crippen molar-refractivity contribution in [3.63, 3.8) is 0 Å². The molecule has 24 heteroatoms. The first kappa shape index (κ1) is 35.7. The monoisotopic (exact) mass is 622 g/mol. The molecule has 1 atom stereocenters. The summed E-state index contributed by atoms with van der Waals surface area (Å²) >= 11 is 0. The van der Waals surface area contributed by atoms with Gasteiger partial charge in [0.2, 0.25) is 6.17 Å². The van der Waals surface area contributed by atoms with Gasteiger partial charge >= 0.3 is 62.0 Å². The van der Waals surface area contributed by atoms with Crippen LogP contribution in [0.2, 0.25) is 0 Å². The van der Waals surface area contributed by atoms with E-state index in [9.17, 15) is 87.8 Å². The molecule has 0 amide bonds. The maximum Gasteiger partial charge on any atom is 0.577 e. The summed E-state index contributed by atoms with van der Waals surface area (Å²) in [5.41, 5.74) is -6.36. The van der Waals surface area contributed by atoms with E-state index in [4.69, 9.17) is 0 Å². The largest absolute Gasteiger partial charge is 0.577 e. The van der Waals surface area contributed by atoms with Crippen LogP contribution in [0.15, 0.2) is 0 Å². The van der Waals surface area contributed by atoms with Crippen molar-refractivity contribution in [2.75, 3.05) is 21.3 Å². The molecular formula is C13H10F20O3Si. The van der Waals surface area contributed by atoms with Gasteiger partial charge in [0, 0.05) is 21.3 Å². The van der Waals surface area contributed by atoms with Crippen molar-refractivity contribution < 1.29 is 101 Å². The Morgan fingerprint density at radius 2 is 0.676 bits per heavy atom. The van der Waals surface area contributed by atoms with Crippen molar-refractivity contribution in [2.45, 2.75) is 59.4 Å². The van der Waals surface area contributed by atoms with Gasteiger partial charge in [0.15, 0.2) is 0 Å². The number of hydrogen-bond acceptors (Lipinski definition) is 3. The Morgan fingerprint density at radius 1 is 0.432 bits per heavy atom. The van der Waals surface area contributed by atoms with Crippen molar-refractivity contribution in [1.29, 1.82) is 0 Å². The Labute approximate surface area is 192 Å². The van der Waals surface area contributed by atoms with Gasteiger partial charge in [-0.05, 0) is 0 Å². The second kappa shape index (κ2) is 9.41. The van der Waals surface area contributed by atoms with Crippen molar-refractivity contribution >= 4 is 8.80 Å². The third kappa shape index (κ3) is 4.41. The summed E-state index contributed by atoms with van der Waals surface area (Å²) in [6, 6.07) is 0. The molecule has 0 N–H and O–H groups in total. The van der Waals surface area contributed by atoms with Gasteiger partial charge in [0.25, 0.3) is 0 Å². The summed E-state index contributed by atoms with van der Waals surface area (Å²) < 4.78 is 277. The Kier molecular flexibility index (Phi) is 9.08. The van der Waals surface area contributed by atoms with E-state index < -0.39 is 68.2 Å². The molecule has 0 aliphatic heterocycles. The zero-order valence-electron chi connectivity index (χ0n) is 17.4. The summed E-state index contributed by atoms with van der Waals surface area (Å²) in [4.78, 5) is 0. The van der Waals surface area contributed by atoms with E-state index >= 15 is 0 Å². The van der Waals surface area contributed by atoms with Crippen LogP contribution in [0.3, 0.4) is 0 Å². The molecular weight excluding hydrogens is 612 g/mol. The maximum atomic E-state index is 14.1. The van der Waals surface area contributed by atoms with E-state index in [0.29, 0.717) is 0 Å². The van der Waals surface area contributed by atoms with Gasteiger partial charge in [0.05, 0.1) is 0 Å². The highest BCUT2D eigenvalue weighted by Crippen LogP contribution is 2.65. The van der Waals surface area contributed by atoms with Crippen molar-refractivity contribution in [3.05, 3.63) is 0 Å². The van der Waals surface area contributed by atoms with Crippen LogP contribution in [0.25, 0.3) is 0 Å². The highest BCUT2D eigenvalue weighted by Gasteiger charge is 2.96. The van der Waals surface area contributed by atoms with E-state index in [1.807, 2.05) is 0 Å². The first-order chi connectivity index (χ1) is 15.8. The predicted octanol–water partition coefficient (Wildman–Crippen LogP) is 6.39. The van der Waals surface area contributed by atoms with Gasteiger partial charge < -0.3 is 13.3 Å². The van der Waals surface area contributed by atoms with Gasteiger partial charge in [0.1, 0.15) is 0 Å².